The van der Waals surface area contributed by atoms with Gasteiger partial charge in [-0.15, -0.1) is 0 Å². The summed E-state index contributed by atoms with van der Waals surface area (Å²) >= 11 is 0. The minimum Gasteiger partial charge on any atom is -0.491 e. The maximum Gasteiger partial charge on any atom is 0.251 e. The largest absolute Gasteiger partial charge is 0.491 e. The smallest absolute Gasteiger partial charge is 0.251 e. The quantitative estimate of drug-likeness (QED) is 0.792. The molecule has 2 amide bonds. The first kappa shape index (κ1) is 19.7. The second-order valence-electron chi connectivity index (χ2n) is 8.20. The number of carbonyl (C=O) groups is 2. The Kier molecular flexibility index (Phi) is 6.75. The first-order valence-electron chi connectivity index (χ1n) is 10.4. The fraction of sp³-hybridized carbons (Fsp3) is 0.636. The van der Waals surface area contributed by atoms with E-state index in [-0.39, 0.29) is 18.0 Å². The molecule has 1 aliphatic carbocycles. The van der Waals surface area contributed by atoms with Crippen molar-refractivity contribution >= 4 is 11.8 Å². The molecular weight excluding hydrogens is 340 g/mol. The summed E-state index contributed by atoms with van der Waals surface area (Å²) in [6, 6.07) is 7.51. The molecule has 1 aromatic carbocycles. The summed E-state index contributed by atoms with van der Waals surface area (Å²) < 4.78 is 5.93. The Morgan fingerprint density at radius 1 is 1.11 bits per heavy atom. The standard InChI is InChI=1S/C22H32N2O3/c1-16(2)23-22(26)18-9-11-20(12-10-18)27-15-19-8-5-13-24(19)21(25)14-17-6-3-4-7-17/h9-12,16-17,19H,3-8,13-15H2,1-2H3,(H,23,26). The van der Waals surface area contributed by atoms with Crippen molar-refractivity contribution in [1.29, 1.82) is 0 Å². The maximum atomic E-state index is 12.7. The first-order valence-corrected chi connectivity index (χ1v) is 10.4. The second-order valence-corrected chi connectivity index (χ2v) is 8.20. The fourth-order valence-electron chi connectivity index (χ4n) is 4.16. The molecule has 0 spiro atoms. The van der Waals surface area contributed by atoms with E-state index in [1.165, 1.54) is 25.7 Å². The zero-order chi connectivity index (χ0) is 19.2. The molecule has 5 heteroatoms. The molecule has 2 fully saturated rings. The van der Waals surface area contributed by atoms with E-state index in [2.05, 4.69) is 5.32 Å². The van der Waals surface area contributed by atoms with Crippen molar-refractivity contribution in [2.45, 2.75) is 70.9 Å². The molecule has 1 aromatic rings. The van der Waals surface area contributed by atoms with Crippen LogP contribution in [0.3, 0.4) is 0 Å². The molecule has 0 radical (unpaired) electrons. The third-order valence-corrected chi connectivity index (χ3v) is 5.61. The fourth-order valence-corrected chi connectivity index (χ4v) is 4.16. The monoisotopic (exact) mass is 372 g/mol. The van der Waals surface area contributed by atoms with Crippen molar-refractivity contribution in [3.63, 3.8) is 0 Å². The lowest BCUT2D eigenvalue weighted by Gasteiger charge is -2.26. The van der Waals surface area contributed by atoms with Gasteiger partial charge in [-0.3, -0.25) is 9.59 Å². The van der Waals surface area contributed by atoms with Crippen LogP contribution in [0.15, 0.2) is 24.3 Å². The number of ether oxygens (including phenoxy) is 1. The minimum absolute atomic E-state index is 0.0731. The number of nitrogens with one attached hydrogen (secondary N) is 1. The second kappa shape index (κ2) is 9.25. The summed E-state index contributed by atoms with van der Waals surface area (Å²) in [5, 5.41) is 2.88. The molecule has 1 saturated carbocycles. The number of nitrogens with zero attached hydrogens (tertiary/aromatic N) is 1. The Morgan fingerprint density at radius 3 is 2.48 bits per heavy atom. The Balaban J connectivity index is 1.49. The van der Waals surface area contributed by atoms with Crippen molar-refractivity contribution in [3.8, 4) is 5.75 Å². The Bertz CT molecular complexity index is 635. The van der Waals surface area contributed by atoms with Crippen LogP contribution in [0.5, 0.6) is 5.75 Å². The highest BCUT2D eigenvalue weighted by molar-refractivity contribution is 5.94. The van der Waals surface area contributed by atoms with Crippen molar-refractivity contribution in [3.05, 3.63) is 29.8 Å². The molecule has 2 aliphatic rings. The van der Waals surface area contributed by atoms with Gasteiger partial charge in [0.25, 0.3) is 5.91 Å². The van der Waals surface area contributed by atoms with Gasteiger partial charge in [0.1, 0.15) is 12.4 Å². The average Bonchev–Trinajstić information content (AvgIpc) is 3.31. The molecule has 1 atom stereocenters. The van der Waals surface area contributed by atoms with Gasteiger partial charge in [-0.2, -0.15) is 0 Å². The average molecular weight is 373 g/mol. The van der Waals surface area contributed by atoms with Crippen LogP contribution in [-0.4, -0.2) is 41.9 Å². The third-order valence-electron chi connectivity index (χ3n) is 5.61. The molecule has 27 heavy (non-hydrogen) atoms. The van der Waals surface area contributed by atoms with E-state index in [1.54, 1.807) is 12.1 Å². The predicted molar refractivity (Wildman–Crippen MR) is 106 cm³/mol. The predicted octanol–water partition coefficient (Wildman–Crippen LogP) is 3.77. The third kappa shape index (κ3) is 5.47. The van der Waals surface area contributed by atoms with Crippen LogP contribution in [0, 0.1) is 5.92 Å². The summed E-state index contributed by atoms with van der Waals surface area (Å²) in [5.74, 6) is 1.56. The van der Waals surface area contributed by atoms with Crippen LogP contribution in [0.25, 0.3) is 0 Å². The molecule has 1 saturated heterocycles. The number of hydrogen-bond donors (Lipinski definition) is 1. The van der Waals surface area contributed by atoms with E-state index >= 15 is 0 Å². The molecule has 0 bridgehead atoms. The molecule has 1 aliphatic heterocycles. The van der Waals surface area contributed by atoms with Crippen LogP contribution in [0.1, 0.15) is 69.2 Å². The number of likely N-dealkylation sites (tertiary alicyclic amines) is 1. The van der Waals surface area contributed by atoms with E-state index in [9.17, 15) is 9.59 Å². The molecule has 1 unspecified atom stereocenters. The van der Waals surface area contributed by atoms with Crippen molar-refractivity contribution < 1.29 is 14.3 Å². The summed E-state index contributed by atoms with van der Waals surface area (Å²) in [6.45, 7) is 5.26. The lowest BCUT2D eigenvalue weighted by atomic mass is 10.0. The van der Waals surface area contributed by atoms with E-state index < -0.39 is 0 Å². The lowest BCUT2D eigenvalue weighted by molar-refractivity contribution is -0.133. The number of amides is 2. The van der Waals surface area contributed by atoms with Gasteiger partial charge >= 0.3 is 0 Å². The molecule has 1 heterocycles. The number of benzene rings is 1. The highest BCUT2D eigenvalue weighted by Gasteiger charge is 2.31. The molecule has 5 nitrogen and oxygen atoms in total. The Labute approximate surface area is 162 Å². The minimum atomic E-state index is -0.0731. The van der Waals surface area contributed by atoms with Crippen LogP contribution in [0.2, 0.25) is 0 Å². The zero-order valence-electron chi connectivity index (χ0n) is 16.6. The molecule has 1 N–H and O–H groups in total. The van der Waals surface area contributed by atoms with Crippen LogP contribution >= 0.6 is 0 Å². The number of hydrogen-bond acceptors (Lipinski definition) is 3. The van der Waals surface area contributed by atoms with E-state index in [0.717, 1.165) is 25.1 Å². The van der Waals surface area contributed by atoms with Gasteiger partial charge in [-0.05, 0) is 69.7 Å². The van der Waals surface area contributed by atoms with E-state index in [1.807, 2.05) is 30.9 Å². The Hall–Kier alpha value is -2.04. The van der Waals surface area contributed by atoms with Crippen LogP contribution < -0.4 is 10.1 Å². The maximum absolute atomic E-state index is 12.7. The highest BCUT2D eigenvalue weighted by atomic mass is 16.5. The van der Waals surface area contributed by atoms with Gasteiger partial charge in [-0.1, -0.05) is 12.8 Å². The van der Waals surface area contributed by atoms with E-state index in [4.69, 9.17) is 4.74 Å². The van der Waals surface area contributed by atoms with Gasteiger partial charge in [0.2, 0.25) is 5.91 Å². The Morgan fingerprint density at radius 2 is 1.81 bits per heavy atom. The summed E-state index contributed by atoms with van der Waals surface area (Å²) in [4.78, 5) is 26.7. The molecule has 0 aromatic heterocycles. The molecule has 3 rings (SSSR count). The summed E-state index contributed by atoms with van der Waals surface area (Å²) in [7, 11) is 0. The van der Waals surface area contributed by atoms with Crippen molar-refractivity contribution in [1.82, 2.24) is 10.2 Å². The van der Waals surface area contributed by atoms with E-state index in [0.29, 0.717) is 30.4 Å². The first-order chi connectivity index (χ1) is 13.0. The topological polar surface area (TPSA) is 58.6 Å². The van der Waals surface area contributed by atoms with Crippen molar-refractivity contribution in [2.75, 3.05) is 13.2 Å². The van der Waals surface area contributed by atoms with Crippen LogP contribution in [0.4, 0.5) is 0 Å². The zero-order valence-corrected chi connectivity index (χ0v) is 16.6. The van der Waals surface area contributed by atoms with Crippen LogP contribution in [-0.2, 0) is 4.79 Å². The number of carbonyl (C=O) groups excluding carboxylic acids is 2. The van der Waals surface area contributed by atoms with Crippen molar-refractivity contribution in [2.24, 2.45) is 5.92 Å². The summed E-state index contributed by atoms with van der Waals surface area (Å²) in [5.41, 5.74) is 0.630. The normalized spacial score (nSPS) is 20.3. The van der Waals surface area contributed by atoms with Gasteiger partial charge < -0.3 is 15.0 Å². The molecular formula is C22H32N2O3. The summed E-state index contributed by atoms with van der Waals surface area (Å²) in [6.07, 6.45) is 7.72. The van der Waals surface area contributed by atoms with Gasteiger partial charge in [0, 0.05) is 24.6 Å². The molecule has 148 valence electrons. The van der Waals surface area contributed by atoms with Gasteiger partial charge in [-0.25, -0.2) is 0 Å². The SMILES string of the molecule is CC(C)NC(=O)c1ccc(OCC2CCCN2C(=O)CC2CCCC2)cc1. The van der Waals surface area contributed by atoms with Gasteiger partial charge in [0.15, 0.2) is 0 Å². The highest BCUT2D eigenvalue weighted by Crippen LogP contribution is 2.29. The number of rotatable bonds is 7. The van der Waals surface area contributed by atoms with Gasteiger partial charge in [0.05, 0.1) is 6.04 Å². The lowest BCUT2D eigenvalue weighted by Crippen LogP contribution is -2.39.